The summed E-state index contributed by atoms with van der Waals surface area (Å²) >= 11 is 3.42. The van der Waals surface area contributed by atoms with Crippen LogP contribution in [-0.4, -0.2) is 60.4 Å². The molecule has 2 aromatic rings. The van der Waals surface area contributed by atoms with Gasteiger partial charge in [0.25, 0.3) is 0 Å². The average molecular weight is 459 g/mol. The summed E-state index contributed by atoms with van der Waals surface area (Å²) < 4.78 is 0.933. The first-order valence-electron chi connectivity index (χ1n) is 9.85. The van der Waals surface area contributed by atoms with E-state index in [1.165, 1.54) is 0 Å². The number of halogens is 1. The van der Waals surface area contributed by atoms with Gasteiger partial charge in [0.1, 0.15) is 0 Å². The number of nitrogens with one attached hydrogen (secondary N) is 2. The molecule has 0 unspecified atom stereocenters. The van der Waals surface area contributed by atoms with E-state index < -0.39 is 0 Å². The van der Waals surface area contributed by atoms with Crippen molar-refractivity contribution in [3.05, 3.63) is 64.6 Å². The van der Waals surface area contributed by atoms with E-state index in [1.807, 2.05) is 61.5 Å². The Balaban J connectivity index is 1.40. The normalized spacial score (nSPS) is 16.2. The Bertz CT molecular complexity index is 823. The van der Waals surface area contributed by atoms with Crippen molar-refractivity contribution < 1.29 is 9.59 Å². The zero-order valence-electron chi connectivity index (χ0n) is 16.6. The van der Waals surface area contributed by atoms with Crippen LogP contribution in [0.4, 0.5) is 5.69 Å². The van der Waals surface area contributed by atoms with Crippen LogP contribution in [0.5, 0.6) is 0 Å². The molecule has 1 heterocycles. The minimum absolute atomic E-state index is 0.0165. The fourth-order valence-electron chi connectivity index (χ4n) is 3.34. The van der Waals surface area contributed by atoms with Crippen LogP contribution in [0.15, 0.2) is 59.1 Å². The molecule has 1 saturated heterocycles. The second kappa shape index (κ2) is 10.5. The van der Waals surface area contributed by atoms with Crippen LogP contribution in [0.25, 0.3) is 0 Å². The van der Waals surface area contributed by atoms with Crippen LogP contribution in [0.1, 0.15) is 12.5 Å². The first kappa shape index (κ1) is 21.5. The Hall–Kier alpha value is -2.22. The summed E-state index contributed by atoms with van der Waals surface area (Å²) in [4.78, 5) is 29.1. The van der Waals surface area contributed by atoms with Gasteiger partial charge >= 0.3 is 0 Å². The molecule has 0 saturated carbocycles. The van der Waals surface area contributed by atoms with E-state index in [-0.39, 0.29) is 17.9 Å². The van der Waals surface area contributed by atoms with Gasteiger partial charge in [0.2, 0.25) is 11.8 Å². The third-order valence-electron chi connectivity index (χ3n) is 5.13. The fraction of sp³-hybridized carbons (Fsp3) is 0.364. The SMILES string of the molecule is C[C@@H](C(=O)Nc1cccc(Br)c1)N1CCN(CC(=O)NCc2ccccc2)CC1. The molecule has 0 spiro atoms. The van der Waals surface area contributed by atoms with Gasteiger partial charge in [0.05, 0.1) is 12.6 Å². The van der Waals surface area contributed by atoms with Crippen LogP contribution in [-0.2, 0) is 16.1 Å². The number of anilines is 1. The Morgan fingerprint density at radius 3 is 2.45 bits per heavy atom. The Morgan fingerprint density at radius 2 is 1.76 bits per heavy atom. The van der Waals surface area contributed by atoms with Crippen molar-refractivity contribution in [2.24, 2.45) is 0 Å². The number of amides is 2. The van der Waals surface area contributed by atoms with E-state index in [9.17, 15) is 9.59 Å². The zero-order chi connectivity index (χ0) is 20.6. The number of benzene rings is 2. The largest absolute Gasteiger partial charge is 0.351 e. The highest BCUT2D eigenvalue weighted by atomic mass is 79.9. The summed E-state index contributed by atoms with van der Waals surface area (Å²) in [6, 6.07) is 17.3. The van der Waals surface area contributed by atoms with Gasteiger partial charge in [-0.05, 0) is 30.7 Å². The van der Waals surface area contributed by atoms with Gasteiger partial charge in [-0.15, -0.1) is 0 Å². The van der Waals surface area contributed by atoms with Crippen LogP contribution >= 0.6 is 15.9 Å². The van der Waals surface area contributed by atoms with Crippen LogP contribution in [0, 0.1) is 0 Å². The van der Waals surface area contributed by atoms with Crippen molar-refractivity contribution in [3.8, 4) is 0 Å². The summed E-state index contributed by atoms with van der Waals surface area (Å²) in [5.41, 5.74) is 1.88. The van der Waals surface area contributed by atoms with Crippen molar-refractivity contribution >= 4 is 33.4 Å². The summed E-state index contributed by atoms with van der Waals surface area (Å²) in [6.07, 6.45) is 0. The smallest absolute Gasteiger partial charge is 0.241 e. The molecule has 2 N–H and O–H groups in total. The minimum Gasteiger partial charge on any atom is -0.351 e. The second-order valence-electron chi connectivity index (χ2n) is 7.25. The molecule has 1 fully saturated rings. The number of carbonyl (C=O) groups excluding carboxylic acids is 2. The van der Waals surface area contributed by atoms with Crippen molar-refractivity contribution in [1.82, 2.24) is 15.1 Å². The Morgan fingerprint density at radius 1 is 1.03 bits per heavy atom. The predicted octanol–water partition coefficient (Wildman–Crippen LogP) is 2.71. The molecule has 0 radical (unpaired) electrons. The molecule has 0 aliphatic carbocycles. The Kier molecular flexibility index (Phi) is 7.80. The highest BCUT2D eigenvalue weighted by Crippen LogP contribution is 2.16. The van der Waals surface area contributed by atoms with Gasteiger partial charge in [-0.3, -0.25) is 19.4 Å². The van der Waals surface area contributed by atoms with E-state index in [0.29, 0.717) is 13.1 Å². The first-order chi connectivity index (χ1) is 14.0. The highest BCUT2D eigenvalue weighted by Gasteiger charge is 2.26. The van der Waals surface area contributed by atoms with Gasteiger partial charge in [-0.1, -0.05) is 52.3 Å². The molecule has 1 aliphatic rings. The van der Waals surface area contributed by atoms with E-state index in [4.69, 9.17) is 0 Å². The van der Waals surface area contributed by atoms with Gasteiger partial charge in [-0.2, -0.15) is 0 Å². The van der Waals surface area contributed by atoms with Crippen molar-refractivity contribution in [3.63, 3.8) is 0 Å². The molecule has 1 atom stereocenters. The molecule has 0 bridgehead atoms. The van der Waals surface area contributed by atoms with Gasteiger partial charge in [0.15, 0.2) is 0 Å². The van der Waals surface area contributed by atoms with Crippen molar-refractivity contribution in [1.29, 1.82) is 0 Å². The summed E-state index contributed by atoms with van der Waals surface area (Å²) in [7, 11) is 0. The van der Waals surface area contributed by atoms with Gasteiger partial charge in [0, 0.05) is 42.9 Å². The molecule has 0 aromatic heterocycles. The maximum absolute atomic E-state index is 12.6. The maximum atomic E-state index is 12.6. The van der Waals surface area contributed by atoms with E-state index in [0.717, 1.165) is 41.9 Å². The molecule has 2 aromatic carbocycles. The minimum atomic E-state index is -0.219. The molecule has 29 heavy (non-hydrogen) atoms. The first-order valence-corrected chi connectivity index (χ1v) is 10.6. The van der Waals surface area contributed by atoms with Gasteiger partial charge < -0.3 is 10.6 Å². The standard InChI is InChI=1S/C22H27BrN4O2/c1-17(22(29)25-20-9-5-8-19(23)14-20)27-12-10-26(11-13-27)16-21(28)24-15-18-6-3-2-4-7-18/h2-9,14,17H,10-13,15-16H2,1H3,(H,24,28)(H,25,29)/t17-/m0/s1. The molecule has 1 aliphatic heterocycles. The van der Waals surface area contributed by atoms with E-state index in [2.05, 4.69) is 36.4 Å². The quantitative estimate of drug-likeness (QED) is 0.669. The summed E-state index contributed by atoms with van der Waals surface area (Å²) in [6.45, 7) is 5.93. The fourth-order valence-corrected chi connectivity index (χ4v) is 3.74. The number of carbonyl (C=O) groups is 2. The second-order valence-corrected chi connectivity index (χ2v) is 8.17. The number of hydrogen-bond acceptors (Lipinski definition) is 4. The molecule has 7 heteroatoms. The number of piperazine rings is 1. The average Bonchev–Trinajstić information content (AvgIpc) is 2.73. The van der Waals surface area contributed by atoms with Gasteiger partial charge in [-0.25, -0.2) is 0 Å². The molecular formula is C22H27BrN4O2. The predicted molar refractivity (Wildman–Crippen MR) is 119 cm³/mol. The summed E-state index contributed by atoms with van der Waals surface area (Å²) in [5.74, 6) is 0.0138. The number of rotatable bonds is 7. The van der Waals surface area contributed by atoms with Crippen molar-refractivity contribution in [2.75, 3.05) is 38.0 Å². The maximum Gasteiger partial charge on any atom is 0.241 e. The number of nitrogens with zero attached hydrogens (tertiary/aromatic N) is 2. The summed E-state index contributed by atoms with van der Waals surface area (Å²) in [5, 5.41) is 5.94. The lowest BCUT2D eigenvalue weighted by molar-refractivity contribution is -0.124. The van der Waals surface area contributed by atoms with E-state index in [1.54, 1.807) is 0 Å². The molecule has 6 nitrogen and oxygen atoms in total. The number of hydrogen-bond donors (Lipinski definition) is 2. The third-order valence-corrected chi connectivity index (χ3v) is 5.62. The van der Waals surface area contributed by atoms with Crippen molar-refractivity contribution in [2.45, 2.75) is 19.5 Å². The molecular weight excluding hydrogens is 432 g/mol. The monoisotopic (exact) mass is 458 g/mol. The lowest BCUT2D eigenvalue weighted by Gasteiger charge is -2.37. The zero-order valence-corrected chi connectivity index (χ0v) is 18.2. The molecule has 3 rings (SSSR count). The lowest BCUT2D eigenvalue weighted by atomic mass is 10.2. The third kappa shape index (κ3) is 6.66. The Labute approximate surface area is 180 Å². The topological polar surface area (TPSA) is 64.7 Å². The molecule has 2 amide bonds. The lowest BCUT2D eigenvalue weighted by Crippen LogP contribution is -2.54. The van der Waals surface area contributed by atoms with Crippen LogP contribution in [0.3, 0.4) is 0 Å². The van der Waals surface area contributed by atoms with E-state index >= 15 is 0 Å². The molecule has 154 valence electrons. The van der Waals surface area contributed by atoms with Crippen LogP contribution in [0.2, 0.25) is 0 Å². The van der Waals surface area contributed by atoms with Crippen LogP contribution < -0.4 is 10.6 Å². The highest BCUT2D eigenvalue weighted by molar-refractivity contribution is 9.10.